The zero-order chi connectivity index (χ0) is 37.8. The minimum absolute atomic E-state index is 0.0882. The third-order valence-corrected chi connectivity index (χ3v) is 12.4. The highest BCUT2D eigenvalue weighted by atomic mass is 15.1. The van der Waals surface area contributed by atoms with E-state index >= 15 is 0 Å². The van der Waals surface area contributed by atoms with Gasteiger partial charge in [-0.1, -0.05) is 166 Å². The van der Waals surface area contributed by atoms with Crippen molar-refractivity contribution in [1.29, 1.82) is 0 Å². The molecule has 0 aromatic heterocycles. The second kappa shape index (κ2) is 13.8. The Kier molecular flexibility index (Phi) is 9.20. The molecule has 0 atom stereocenters. The molecule has 0 saturated heterocycles. The van der Waals surface area contributed by atoms with Crippen LogP contribution in [0, 0.1) is 0 Å². The van der Waals surface area contributed by atoms with Crippen LogP contribution >= 0.6 is 0 Å². The van der Waals surface area contributed by atoms with E-state index in [0.717, 1.165) is 0 Å². The Morgan fingerprint density at radius 3 is 1.54 bits per heavy atom. The average molecular weight is 708 g/mol. The van der Waals surface area contributed by atoms with Crippen molar-refractivity contribution in [2.45, 2.75) is 110 Å². The number of benzene rings is 6. The summed E-state index contributed by atoms with van der Waals surface area (Å²) in [5, 5.41) is 0. The quantitative estimate of drug-likeness (QED) is 0.167. The van der Waals surface area contributed by atoms with Gasteiger partial charge in [-0.25, -0.2) is 0 Å². The van der Waals surface area contributed by atoms with E-state index in [2.05, 4.69) is 194 Å². The van der Waals surface area contributed by atoms with Crippen LogP contribution in [-0.4, -0.2) is 0 Å². The van der Waals surface area contributed by atoms with Crippen LogP contribution in [0.3, 0.4) is 0 Å². The van der Waals surface area contributed by atoms with Gasteiger partial charge < -0.3 is 4.90 Å². The van der Waals surface area contributed by atoms with Crippen LogP contribution in [0.4, 0.5) is 17.1 Å². The van der Waals surface area contributed by atoms with Gasteiger partial charge in [-0.15, -0.1) is 0 Å². The Morgan fingerprint density at radius 2 is 0.981 bits per heavy atom. The monoisotopic (exact) mass is 707 g/mol. The van der Waals surface area contributed by atoms with E-state index in [0.29, 0.717) is 5.92 Å². The largest absolute Gasteiger partial charge is 0.310 e. The smallest absolute Gasteiger partial charge is 0.0473 e. The normalized spacial score (nSPS) is 15.5. The molecule has 1 nitrogen and oxygen atoms in total. The van der Waals surface area contributed by atoms with E-state index in [9.17, 15) is 0 Å². The first-order chi connectivity index (χ1) is 25.8. The van der Waals surface area contributed by atoms with Crippen molar-refractivity contribution in [3.8, 4) is 33.4 Å². The first-order valence-electron chi connectivity index (χ1n) is 20.3. The molecule has 274 valence electrons. The summed E-state index contributed by atoms with van der Waals surface area (Å²) >= 11 is 0. The summed E-state index contributed by atoms with van der Waals surface area (Å²) in [6, 6.07) is 51.4. The van der Waals surface area contributed by atoms with Crippen LogP contribution in [0.15, 0.2) is 133 Å². The highest BCUT2D eigenvalue weighted by Crippen LogP contribution is 2.51. The predicted octanol–water partition coefficient (Wildman–Crippen LogP) is 15.4. The number of fused-ring (bicyclic) bond motifs is 3. The summed E-state index contributed by atoms with van der Waals surface area (Å²) < 4.78 is 0. The zero-order valence-corrected chi connectivity index (χ0v) is 33.8. The maximum atomic E-state index is 2.50. The van der Waals surface area contributed by atoms with Gasteiger partial charge >= 0.3 is 0 Å². The predicted molar refractivity (Wildman–Crippen MR) is 233 cm³/mol. The molecule has 0 N–H and O–H groups in total. The second-order valence-corrected chi connectivity index (χ2v) is 18.6. The van der Waals surface area contributed by atoms with Crippen molar-refractivity contribution in [3.05, 3.63) is 161 Å². The van der Waals surface area contributed by atoms with Crippen LogP contribution in [0.25, 0.3) is 33.4 Å². The summed E-state index contributed by atoms with van der Waals surface area (Å²) in [6.45, 7) is 18.5. The number of nitrogens with zero attached hydrogens (tertiary/aromatic N) is 1. The Morgan fingerprint density at radius 1 is 0.463 bits per heavy atom. The van der Waals surface area contributed by atoms with E-state index in [4.69, 9.17) is 0 Å². The van der Waals surface area contributed by atoms with Crippen molar-refractivity contribution in [3.63, 3.8) is 0 Å². The lowest BCUT2D eigenvalue weighted by atomic mass is 9.82. The molecule has 0 aliphatic heterocycles. The van der Waals surface area contributed by atoms with E-state index < -0.39 is 0 Å². The lowest BCUT2D eigenvalue weighted by molar-refractivity contribution is 0.443. The Labute approximate surface area is 325 Å². The number of anilines is 3. The summed E-state index contributed by atoms with van der Waals surface area (Å²) in [5.41, 5.74) is 18.2. The number of hydrogen-bond acceptors (Lipinski definition) is 1. The maximum absolute atomic E-state index is 2.50. The van der Waals surface area contributed by atoms with E-state index in [1.165, 1.54) is 110 Å². The molecule has 0 unspecified atom stereocenters. The maximum Gasteiger partial charge on any atom is 0.0473 e. The Balaban J connectivity index is 1.31. The van der Waals surface area contributed by atoms with Gasteiger partial charge in [-0.05, 0) is 133 Å². The van der Waals surface area contributed by atoms with Gasteiger partial charge in [0.15, 0.2) is 0 Å². The lowest BCUT2D eigenvalue weighted by Gasteiger charge is -2.30. The van der Waals surface area contributed by atoms with Crippen LogP contribution in [0.5, 0.6) is 0 Å². The minimum atomic E-state index is -0.0882. The number of rotatable bonds is 6. The summed E-state index contributed by atoms with van der Waals surface area (Å²) in [6.07, 6.45) is 6.66. The van der Waals surface area contributed by atoms with Crippen molar-refractivity contribution < 1.29 is 0 Å². The molecule has 0 bridgehead atoms. The highest BCUT2D eigenvalue weighted by Gasteiger charge is 2.36. The minimum Gasteiger partial charge on any atom is -0.310 e. The fraction of sp³-hybridized carbons (Fsp3) is 0.321. The average Bonchev–Trinajstić information content (AvgIpc) is 3.40. The summed E-state index contributed by atoms with van der Waals surface area (Å²) in [7, 11) is 0. The molecule has 1 fully saturated rings. The molecule has 6 aromatic rings. The highest BCUT2D eigenvalue weighted by molar-refractivity contribution is 5.88. The molecule has 8 rings (SSSR count). The molecule has 0 heterocycles. The molecule has 1 saturated carbocycles. The lowest BCUT2D eigenvalue weighted by Crippen LogP contribution is -2.16. The topological polar surface area (TPSA) is 3.24 Å². The van der Waals surface area contributed by atoms with Gasteiger partial charge in [-0.3, -0.25) is 0 Å². The molecule has 54 heavy (non-hydrogen) atoms. The van der Waals surface area contributed by atoms with Crippen molar-refractivity contribution in [1.82, 2.24) is 0 Å². The third kappa shape index (κ3) is 6.83. The van der Waals surface area contributed by atoms with Gasteiger partial charge in [0.2, 0.25) is 0 Å². The first kappa shape index (κ1) is 36.1. The standard InChI is InChI=1S/C53H57N/c1-51(2,3)42-24-18-38(19-25-42)40-32-41(39-20-26-43(27-21-39)52(4,5)6)34-46(33-40)54(44-28-22-37(23-29-44)36-14-10-9-11-15-36)45-30-31-48-47-16-12-13-17-49(47)53(7,8)50(48)35-45/h12-13,16-36H,9-11,14-15H2,1-8H3. The molecule has 2 aliphatic rings. The molecule has 1 heteroatoms. The molecular formula is C53H57N. The van der Waals surface area contributed by atoms with E-state index in [-0.39, 0.29) is 16.2 Å². The van der Waals surface area contributed by atoms with Gasteiger partial charge in [0, 0.05) is 22.5 Å². The van der Waals surface area contributed by atoms with Crippen LogP contribution in [-0.2, 0) is 16.2 Å². The molecule has 0 spiro atoms. The van der Waals surface area contributed by atoms with Crippen molar-refractivity contribution in [2.24, 2.45) is 0 Å². The Bertz CT molecular complexity index is 2190. The van der Waals surface area contributed by atoms with Crippen LogP contribution in [0.1, 0.15) is 121 Å². The number of hydrogen-bond donors (Lipinski definition) is 0. The molecular weight excluding hydrogens is 651 g/mol. The zero-order valence-electron chi connectivity index (χ0n) is 33.8. The molecule has 0 amide bonds. The van der Waals surface area contributed by atoms with E-state index in [1.54, 1.807) is 0 Å². The fourth-order valence-electron chi connectivity index (χ4n) is 9.01. The van der Waals surface area contributed by atoms with Crippen LogP contribution in [0.2, 0.25) is 0 Å². The third-order valence-electron chi connectivity index (χ3n) is 12.4. The van der Waals surface area contributed by atoms with Gasteiger partial charge in [0.05, 0.1) is 0 Å². The molecule has 6 aromatic carbocycles. The van der Waals surface area contributed by atoms with Crippen molar-refractivity contribution in [2.75, 3.05) is 4.90 Å². The van der Waals surface area contributed by atoms with Gasteiger partial charge in [0.25, 0.3) is 0 Å². The van der Waals surface area contributed by atoms with Gasteiger partial charge in [-0.2, -0.15) is 0 Å². The van der Waals surface area contributed by atoms with E-state index in [1.807, 2.05) is 0 Å². The Hall–Kier alpha value is -4.88. The summed E-state index contributed by atoms with van der Waals surface area (Å²) in [5.74, 6) is 0.669. The SMILES string of the molecule is CC(C)(C)c1ccc(-c2cc(-c3ccc(C(C)(C)C)cc3)cc(N(c3ccc(C4CCCCC4)cc3)c3ccc4c(c3)C(C)(C)c3ccccc3-4)c2)cc1. The molecule has 2 aliphatic carbocycles. The second-order valence-electron chi connectivity index (χ2n) is 18.6. The fourth-order valence-corrected chi connectivity index (χ4v) is 9.01. The van der Waals surface area contributed by atoms with Gasteiger partial charge in [0.1, 0.15) is 0 Å². The summed E-state index contributed by atoms with van der Waals surface area (Å²) in [4.78, 5) is 2.50. The first-order valence-corrected chi connectivity index (χ1v) is 20.3. The van der Waals surface area contributed by atoms with Crippen LogP contribution < -0.4 is 4.90 Å². The molecule has 0 radical (unpaired) electrons. The van der Waals surface area contributed by atoms with Crippen molar-refractivity contribution >= 4 is 17.1 Å².